The Kier molecular flexibility index (Phi) is 66.6. The Labute approximate surface area is 86.5 Å². The molecule has 0 heterocycles. The van der Waals surface area contributed by atoms with E-state index >= 15 is 0 Å². The molecule has 0 unspecified atom stereocenters. The fraction of sp³-hybridized carbons (Fsp3) is 0. The predicted molar refractivity (Wildman–Crippen MR) is 26.2 cm³/mol. The van der Waals surface area contributed by atoms with Gasteiger partial charge in [0.15, 0.2) is 0 Å². The molecule has 0 rings (SSSR count). The van der Waals surface area contributed by atoms with Crippen molar-refractivity contribution in [1.82, 2.24) is 0 Å². The minimum atomic E-state index is 0. The maximum atomic E-state index is 2.28. The average molecular weight is 350 g/mol. The molecule has 0 aliphatic heterocycles. The van der Waals surface area contributed by atoms with Gasteiger partial charge in [-0.3, -0.25) is 0 Å². The summed E-state index contributed by atoms with van der Waals surface area (Å²) in [4.78, 5) is 0. The van der Waals surface area contributed by atoms with E-state index < -0.39 is 0 Å². The van der Waals surface area contributed by atoms with E-state index in [2.05, 4.69) is 19.8 Å². The summed E-state index contributed by atoms with van der Waals surface area (Å²) >= 11 is 3.62. The number of hydrogen-bond donors (Lipinski definition) is 0. The zero-order chi connectivity index (χ0) is 2.00. The van der Waals surface area contributed by atoms with Crippen LogP contribution in [0.2, 0.25) is 0 Å². The molecule has 0 radical (unpaired) electrons. The van der Waals surface area contributed by atoms with Crippen molar-refractivity contribution in [3.05, 3.63) is 0 Å². The third-order valence-corrected chi connectivity index (χ3v) is 0. The molecular weight excluding hydrogens is 346 g/mol. The SMILES string of the molecule is O.[BaH2].[Zn][I]. The van der Waals surface area contributed by atoms with Crippen molar-refractivity contribution in [2.45, 2.75) is 0 Å². The Morgan fingerprint density at radius 1 is 1.25 bits per heavy atom. The van der Waals surface area contributed by atoms with Crippen molar-refractivity contribution in [3.63, 3.8) is 0 Å². The van der Waals surface area contributed by atoms with Crippen LogP contribution in [0.1, 0.15) is 0 Å². The van der Waals surface area contributed by atoms with Crippen LogP contribution in [0.3, 0.4) is 0 Å². The van der Waals surface area contributed by atoms with Gasteiger partial charge in [-0.2, -0.15) is 0 Å². The molecular formula is H4BaIOZn. The molecule has 0 atom stereocenters. The van der Waals surface area contributed by atoms with Gasteiger partial charge in [-0.15, -0.1) is 0 Å². The molecule has 0 fully saturated rings. The van der Waals surface area contributed by atoms with E-state index in [1.165, 1.54) is 14.8 Å². The van der Waals surface area contributed by atoms with Crippen LogP contribution in [0.5, 0.6) is 0 Å². The summed E-state index contributed by atoms with van der Waals surface area (Å²) in [7, 11) is 0. The molecule has 0 saturated carbocycles. The zero-order valence-corrected chi connectivity index (χ0v) is 6.71. The maximum absolute atomic E-state index is 2.28. The van der Waals surface area contributed by atoms with Gasteiger partial charge in [-0.05, 0) is 0 Å². The Hall–Kier alpha value is 2.88. The van der Waals surface area contributed by atoms with Gasteiger partial charge in [0, 0.05) is 0 Å². The third kappa shape index (κ3) is 8.86. The van der Waals surface area contributed by atoms with Crippen molar-refractivity contribution in [1.29, 1.82) is 0 Å². The van der Waals surface area contributed by atoms with E-state index in [4.69, 9.17) is 0 Å². The average Bonchev–Trinajstić information content (AvgIpc) is 1.00. The number of halogens is 1. The predicted octanol–water partition coefficient (Wildman–Crippen LogP) is -0.858. The molecule has 1 nitrogen and oxygen atoms in total. The van der Waals surface area contributed by atoms with Gasteiger partial charge in [0.05, 0.1) is 0 Å². The van der Waals surface area contributed by atoms with Gasteiger partial charge < -0.3 is 5.48 Å². The second kappa shape index (κ2) is 16.9. The van der Waals surface area contributed by atoms with E-state index in [9.17, 15) is 0 Å². The molecule has 0 saturated heterocycles. The van der Waals surface area contributed by atoms with Crippen LogP contribution in [0.4, 0.5) is 0 Å². The Bertz CT molecular complexity index is 8.00. The van der Waals surface area contributed by atoms with Crippen molar-refractivity contribution in [2.24, 2.45) is 0 Å². The van der Waals surface area contributed by atoms with Crippen LogP contribution in [0, 0.1) is 0 Å². The monoisotopic (exact) mass is 349 g/mol. The minimum absolute atomic E-state index is 0. The van der Waals surface area contributed by atoms with Crippen LogP contribution >= 0.6 is 19.8 Å². The van der Waals surface area contributed by atoms with Crippen LogP contribution in [0.15, 0.2) is 0 Å². The Balaban J connectivity index is -0.00000000500. The zero-order valence-electron chi connectivity index (χ0n) is 1.59. The van der Waals surface area contributed by atoms with Crippen molar-refractivity contribution >= 4 is 68.6 Å². The van der Waals surface area contributed by atoms with Crippen LogP contribution in [0.25, 0.3) is 0 Å². The second-order valence-corrected chi connectivity index (χ2v) is 0. The molecule has 0 spiro atoms. The van der Waals surface area contributed by atoms with Crippen molar-refractivity contribution in [3.8, 4) is 0 Å². The summed E-state index contributed by atoms with van der Waals surface area (Å²) < 4.78 is 0. The molecule has 0 aliphatic rings. The van der Waals surface area contributed by atoms with Crippen molar-refractivity contribution in [2.75, 3.05) is 0 Å². The standard InChI is InChI=1S/Ba.HI.H2O.Zn.2H/h;1H;1H2;;;/q;;;+1;;/p-1. The number of hydrogen-bond acceptors (Lipinski definition) is 0. The van der Waals surface area contributed by atoms with Gasteiger partial charge in [-0.1, -0.05) is 0 Å². The van der Waals surface area contributed by atoms with E-state index in [1.54, 1.807) is 0 Å². The molecule has 0 aliphatic carbocycles. The molecule has 4 heavy (non-hydrogen) atoms. The van der Waals surface area contributed by atoms with Gasteiger partial charge in [0.2, 0.25) is 0 Å². The fourth-order valence-corrected chi connectivity index (χ4v) is 0. The summed E-state index contributed by atoms with van der Waals surface area (Å²) in [5, 5.41) is 0. The molecule has 0 aromatic rings. The first-order valence-corrected chi connectivity index (χ1v) is 9.32. The molecule has 4 heteroatoms. The topological polar surface area (TPSA) is 31.5 Å². The molecule has 0 aromatic carbocycles. The van der Waals surface area contributed by atoms with Crippen LogP contribution < -0.4 is 0 Å². The first kappa shape index (κ1) is 15.8. The van der Waals surface area contributed by atoms with E-state index in [1.807, 2.05) is 0 Å². The normalized spacial score (nSPS) is 1.75. The van der Waals surface area contributed by atoms with Crippen LogP contribution in [-0.2, 0) is 14.8 Å². The molecule has 0 bridgehead atoms. The van der Waals surface area contributed by atoms with Crippen molar-refractivity contribution < 1.29 is 20.3 Å². The number of rotatable bonds is 0. The summed E-state index contributed by atoms with van der Waals surface area (Å²) in [5.41, 5.74) is 0. The van der Waals surface area contributed by atoms with E-state index in [0.29, 0.717) is 0 Å². The van der Waals surface area contributed by atoms with Gasteiger partial charge >= 0.3 is 83.4 Å². The summed E-state index contributed by atoms with van der Waals surface area (Å²) in [6, 6.07) is 0. The van der Waals surface area contributed by atoms with Crippen LogP contribution in [-0.4, -0.2) is 54.4 Å². The van der Waals surface area contributed by atoms with E-state index in [0.717, 1.165) is 0 Å². The van der Waals surface area contributed by atoms with Gasteiger partial charge in [-0.25, -0.2) is 0 Å². The van der Waals surface area contributed by atoms with E-state index in [-0.39, 0.29) is 54.4 Å². The molecule has 0 amide bonds. The summed E-state index contributed by atoms with van der Waals surface area (Å²) in [6.45, 7) is 0. The quantitative estimate of drug-likeness (QED) is 0.403. The molecule has 0 aromatic heterocycles. The Morgan fingerprint density at radius 3 is 1.25 bits per heavy atom. The van der Waals surface area contributed by atoms with Gasteiger partial charge in [0.1, 0.15) is 0 Å². The Morgan fingerprint density at radius 2 is 1.25 bits per heavy atom. The second-order valence-electron chi connectivity index (χ2n) is 0. The summed E-state index contributed by atoms with van der Waals surface area (Å²) in [5.74, 6) is 0. The fourth-order valence-electron chi connectivity index (χ4n) is 0. The first-order valence-electron chi connectivity index (χ1n) is 0.267. The first-order chi connectivity index (χ1) is 1.00. The van der Waals surface area contributed by atoms with Gasteiger partial charge in [0.25, 0.3) is 0 Å². The third-order valence-electron chi connectivity index (χ3n) is 0. The molecule has 2 N–H and O–H groups in total. The summed E-state index contributed by atoms with van der Waals surface area (Å²) in [6.07, 6.45) is 0. The molecule has 21 valence electrons.